The SMILES string of the molecule is COc1ncc(-c2ccccc2)cc1C(O)c1ccccc1CF. The van der Waals surface area contributed by atoms with Crippen LogP contribution in [0.25, 0.3) is 11.1 Å². The van der Waals surface area contributed by atoms with Crippen molar-refractivity contribution < 1.29 is 14.2 Å². The molecule has 3 aromatic rings. The molecule has 0 fully saturated rings. The fourth-order valence-electron chi connectivity index (χ4n) is 2.71. The van der Waals surface area contributed by atoms with Crippen LogP contribution in [0.4, 0.5) is 4.39 Å². The van der Waals surface area contributed by atoms with Crippen LogP contribution in [-0.2, 0) is 6.67 Å². The molecule has 0 aliphatic rings. The number of nitrogens with zero attached hydrogens (tertiary/aromatic N) is 1. The standard InChI is InChI=1S/C20H18FNO2/c1-24-20-18(19(23)17-10-6-5-9-15(17)12-21)11-16(13-22-20)14-7-3-2-4-8-14/h2-11,13,19,23H,12H2,1H3. The zero-order valence-corrected chi connectivity index (χ0v) is 13.3. The normalized spacial score (nSPS) is 12.0. The predicted molar refractivity (Wildman–Crippen MR) is 91.5 cm³/mol. The molecular weight excluding hydrogens is 305 g/mol. The van der Waals surface area contributed by atoms with Gasteiger partial charge in [-0.25, -0.2) is 9.37 Å². The van der Waals surface area contributed by atoms with E-state index in [4.69, 9.17) is 4.74 Å². The lowest BCUT2D eigenvalue weighted by Gasteiger charge is -2.17. The highest BCUT2D eigenvalue weighted by molar-refractivity contribution is 5.64. The first-order valence-corrected chi connectivity index (χ1v) is 7.65. The van der Waals surface area contributed by atoms with Gasteiger partial charge in [-0.2, -0.15) is 0 Å². The molecule has 0 saturated heterocycles. The van der Waals surface area contributed by atoms with Crippen molar-refractivity contribution in [1.29, 1.82) is 0 Å². The summed E-state index contributed by atoms with van der Waals surface area (Å²) < 4.78 is 18.5. The van der Waals surface area contributed by atoms with Crippen molar-refractivity contribution in [2.75, 3.05) is 7.11 Å². The topological polar surface area (TPSA) is 42.4 Å². The molecule has 1 N–H and O–H groups in total. The van der Waals surface area contributed by atoms with Gasteiger partial charge in [0.2, 0.25) is 5.88 Å². The number of benzene rings is 2. The Labute approximate surface area is 140 Å². The Hall–Kier alpha value is -2.72. The van der Waals surface area contributed by atoms with E-state index in [9.17, 15) is 9.50 Å². The van der Waals surface area contributed by atoms with Crippen molar-refractivity contribution >= 4 is 0 Å². The summed E-state index contributed by atoms with van der Waals surface area (Å²) in [5.41, 5.74) is 3.34. The van der Waals surface area contributed by atoms with Gasteiger partial charge in [-0.15, -0.1) is 0 Å². The first-order chi connectivity index (χ1) is 11.7. The summed E-state index contributed by atoms with van der Waals surface area (Å²) in [6.07, 6.45) is 0.689. The number of hydrogen-bond donors (Lipinski definition) is 1. The van der Waals surface area contributed by atoms with Crippen LogP contribution in [0, 0.1) is 0 Å². The fourth-order valence-corrected chi connectivity index (χ4v) is 2.71. The summed E-state index contributed by atoms with van der Waals surface area (Å²) in [6, 6.07) is 18.5. The zero-order chi connectivity index (χ0) is 16.9. The summed E-state index contributed by atoms with van der Waals surface area (Å²) in [5.74, 6) is 0.329. The maximum atomic E-state index is 13.2. The van der Waals surface area contributed by atoms with E-state index in [2.05, 4.69) is 4.98 Å². The van der Waals surface area contributed by atoms with E-state index in [-0.39, 0.29) is 0 Å². The highest BCUT2D eigenvalue weighted by Gasteiger charge is 2.20. The van der Waals surface area contributed by atoms with E-state index in [1.54, 1.807) is 30.5 Å². The molecule has 3 nitrogen and oxygen atoms in total. The Kier molecular flexibility index (Phi) is 4.87. The van der Waals surface area contributed by atoms with Gasteiger partial charge in [-0.3, -0.25) is 0 Å². The van der Waals surface area contributed by atoms with Gasteiger partial charge in [0.15, 0.2) is 0 Å². The second kappa shape index (κ2) is 7.23. The van der Waals surface area contributed by atoms with Crippen molar-refractivity contribution in [1.82, 2.24) is 4.98 Å². The van der Waals surface area contributed by atoms with Crippen LogP contribution in [0.2, 0.25) is 0 Å². The molecule has 24 heavy (non-hydrogen) atoms. The van der Waals surface area contributed by atoms with Crippen LogP contribution < -0.4 is 4.74 Å². The largest absolute Gasteiger partial charge is 0.481 e. The molecule has 1 unspecified atom stereocenters. The predicted octanol–water partition coefficient (Wildman–Crippen LogP) is 4.31. The minimum absolute atomic E-state index is 0.329. The van der Waals surface area contributed by atoms with Crippen molar-refractivity contribution in [3.05, 3.63) is 83.6 Å². The van der Waals surface area contributed by atoms with Crippen LogP contribution in [0.1, 0.15) is 22.8 Å². The molecule has 0 saturated carbocycles. The minimum Gasteiger partial charge on any atom is -0.481 e. The Morgan fingerprint density at radius 3 is 2.42 bits per heavy atom. The molecule has 0 aliphatic carbocycles. The maximum Gasteiger partial charge on any atom is 0.219 e. The highest BCUT2D eigenvalue weighted by Crippen LogP contribution is 2.33. The molecule has 1 heterocycles. The smallest absolute Gasteiger partial charge is 0.219 e. The Bertz CT molecular complexity index is 821. The molecule has 4 heteroatoms. The number of hydrogen-bond acceptors (Lipinski definition) is 3. The second-order valence-corrected chi connectivity index (χ2v) is 5.42. The Balaban J connectivity index is 2.08. The summed E-state index contributed by atoms with van der Waals surface area (Å²) in [6.45, 7) is -0.638. The number of methoxy groups -OCH3 is 1. The number of halogens is 1. The lowest BCUT2D eigenvalue weighted by Crippen LogP contribution is -2.06. The number of aromatic nitrogens is 1. The Morgan fingerprint density at radius 2 is 1.71 bits per heavy atom. The van der Waals surface area contributed by atoms with Crippen LogP contribution in [-0.4, -0.2) is 17.2 Å². The third-order valence-corrected chi connectivity index (χ3v) is 3.97. The van der Waals surface area contributed by atoms with Gasteiger partial charge in [0.1, 0.15) is 12.8 Å². The molecule has 0 amide bonds. The molecular formula is C20H18FNO2. The van der Waals surface area contributed by atoms with E-state index < -0.39 is 12.8 Å². The molecule has 0 spiro atoms. The van der Waals surface area contributed by atoms with Gasteiger partial charge in [-0.05, 0) is 22.8 Å². The number of rotatable bonds is 5. The third kappa shape index (κ3) is 3.14. The highest BCUT2D eigenvalue weighted by atomic mass is 19.1. The Morgan fingerprint density at radius 1 is 1.00 bits per heavy atom. The van der Waals surface area contributed by atoms with E-state index >= 15 is 0 Å². The van der Waals surface area contributed by atoms with E-state index in [1.807, 2.05) is 36.4 Å². The monoisotopic (exact) mass is 323 g/mol. The molecule has 2 aromatic carbocycles. The van der Waals surface area contributed by atoms with Crippen molar-refractivity contribution in [2.45, 2.75) is 12.8 Å². The van der Waals surface area contributed by atoms with E-state index in [0.29, 0.717) is 22.6 Å². The second-order valence-electron chi connectivity index (χ2n) is 5.42. The van der Waals surface area contributed by atoms with Crippen LogP contribution in [0.15, 0.2) is 66.9 Å². The van der Waals surface area contributed by atoms with Crippen LogP contribution in [0.3, 0.4) is 0 Å². The first kappa shape index (κ1) is 16.1. The van der Waals surface area contributed by atoms with Crippen LogP contribution >= 0.6 is 0 Å². The summed E-state index contributed by atoms with van der Waals surface area (Å²) >= 11 is 0. The number of aliphatic hydroxyl groups excluding tert-OH is 1. The molecule has 1 aromatic heterocycles. The van der Waals surface area contributed by atoms with Crippen LogP contribution in [0.5, 0.6) is 5.88 Å². The fraction of sp³-hybridized carbons (Fsp3) is 0.150. The summed E-state index contributed by atoms with van der Waals surface area (Å²) in [4.78, 5) is 4.30. The van der Waals surface area contributed by atoms with Gasteiger partial charge < -0.3 is 9.84 Å². The van der Waals surface area contributed by atoms with Crippen molar-refractivity contribution in [3.63, 3.8) is 0 Å². The van der Waals surface area contributed by atoms with Crippen molar-refractivity contribution in [2.24, 2.45) is 0 Å². The third-order valence-electron chi connectivity index (χ3n) is 3.97. The van der Waals surface area contributed by atoms with Gasteiger partial charge >= 0.3 is 0 Å². The van der Waals surface area contributed by atoms with Crippen molar-refractivity contribution in [3.8, 4) is 17.0 Å². The van der Waals surface area contributed by atoms with E-state index in [0.717, 1.165) is 11.1 Å². The average molecular weight is 323 g/mol. The quantitative estimate of drug-likeness (QED) is 0.761. The molecule has 1 atom stereocenters. The van der Waals surface area contributed by atoms with E-state index in [1.165, 1.54) is 7.11 Å². The molecule has 3 rings (SSSR count). The number of ether oxygens (including phenoxy) is 1. The number of pyridine rings is 1. The lowest BCUT2D eigenvalue weighted by molar-refractivity contribution is 0.211. The number of alkyl halides is 1. The number of aliphatic hydroxyl groups is 1. The van der Waals surface area contributed by atoms with Gasteiger partial charge in [0.25, 0.3) is 0 Å². The van der Waals surface area contributed by atoms with Gasteiger partial charge in [0, 0.05) is 17.3 Å². The molecule has 0 radical (unpaired) electrons. The molecule has 0 aliphatic heterocycles. The summed E-state index contributed by atoms with van der Waals surface area (Å²) in [7, 11) is 1.50. The zero-order valence-electron chi connectivity index (χ0n) is 13.3. The first-order valence-electron chi connectivity index (χ1n) is 7.65. The van der Waals surface area contributed by atoms with Gasteiger partial charge in [0.05, 0.1) is 7.11 Å². The summed E-state index contributed by atoms with van der Waals surface area (Å²) in [5, 5.41) is 10.8. The maximum absolute atomic E-state index is 13.2. The lowest BCUT2D eigenvalue weighted by atomic mass is 9.96. The minimum atomic E-state index is -1.01. The van der Waals surface area contributed by atoms with Gasteiger partial charge in [-0.1, -0.05) is 54.6 Å². The molecule has 0 bridgehead atoms. The average Bonchev–Trinajstić information content (AvgIpc) is 2.67. The molecule has 122 valence electrons.